The number of rotatable bonds is 3. The van der Waals surface area contributed by atoms with Crippen LogP contribution in [0.25, 0.3) is 0 Å². The smallest absolute Gasteiger partial charge is 0.225 e. The van der Waals surface area contributed by atoms with Gasteiger partial charge in [-0.1, -0.05) is 11.6 Å². The first-order valence-corrected chi connectivity index (χ1v) is 2.83. The zero-order chi connectivity index (χ0) is 6.57. The first-order chi connectivity index (χ1) is 3.66. The molecular formula is C4H6Cl2O2V. The molecule has 0 aliphatic carbocycles. The molecule has 0 fully saturated rings. The molecule has 0 aliphatic heterocycles. The van der Waals surface area contributed by atoms with Crippen molar-refractivity contribution in [1.82, 2.24) is 0 Å². The number of halogens is 2. The molecule has 0 saturated carbocycles. The number of ether oxygens (including phenoxy) is 1. The van der Waals surface area contributed by atoms with Crippen molar-refractivity contribution in [3.63, 3.8) is 0 Å². The molecule has 0 amide bonds. The Bertz CT molecular complexity index is 88.6. The molecule has 0 saturated heterocycles. The van der Waals surface area contributed by atoms with Crippen LogP contribution in [0.2, 0.25) is 0 Å². The van der Waals surface area contributed by atoms with Crippen molar-refractivity contribution in [2.45, 2.75) is 12.0 Å². The molecule has 5 heteroatoms. The second-order valence-corrected chi connectivity index (χ2v) is 2.11. The van der Waals surface area contributed by atoms with Gasteiger partial charge in [0.05, 0.1) is 6.42 Å². The van der Waals surface area contributed by atoms with E-state index in [4.69, 9.17) is 23.2 Å². The summed E-state index contributed by atoms with van der Waals surface area (Å²) in [7, 11) is 1.41. The van der Waals surface area contributed by atoms with E-state index in [1.165, 1.54) is 7.11 Å². The fourth-order valence-electron chi connectivity index (χ4n) is 0.210. The first-order valence-electron chi connectivity index (χ1n) is 2.02. The van der Waals surface area contributed by atoms with E-state index in [-0.39, 0.29) is 25.0 Å². The number of hydrogen-bond donors (Lipinski definition) is 0. The van der Waals surface area contributed by atoms with Crippen LogP contribution in [0, 0.1) is 0 Å². The van der Waals surface area contributed by atoms with Gasteiger partial charge in [0.1, 0.15) is 5.56 Å². The molecule has 0 N–H and O–H groups in total. The van der Waals surface area contributed by atoms with E-state index in [2.05, 4.69) is 4.74 Å². The Labute approximate surface area is 75.7 Å². The van der Waals surface area contributed by atoms with Gasteiger partial charge in [0, 0.05) is 25.7 Å². The second kappa shape index (κ2) is 6.91. The average Bonchev–Trinajstić information content (AvgIpc) is 1.65. The van der Waals surface area contributed by atoms with Crippen molar-refractivity contribution < 1.29 is 28.1 Å². The number of hydrogen-bond acceptors (Lipinski definition) is 2. The Hall–Kier alpha value is 0.794. The summed E-state index contributed by atoms with van der Waals surface area (Å²) in [5, 5.41) is -0.480. The Morgan fingerprint density at radius 2 is 2.22 bits per heavy atom. The number of alkyl halides is 1. The normalized spacial score (nSPS) is 11.9. The van der Waals surface area contributed by atoms with Gasteiger partial charge in [-0.3, -0.25) is 4.79 Å². The van der Waals surface area contributed by atoms with Crippen molar-refractivity contribution in [3.05, 3.63) is 0 Å². The minimum Gasteiger partial charge on any atom is -0.365 e. The van der Waals surface area contributed by atoms with Crippen LogP contribution >= 0.6 is 23.2 Å². The van der Waals surface area contributed by atoms with E-state index in [1.807, 2.05) is 0 Å². The molecule has 1 unspecified atom stereocenters. The molecule has 2 nitrogen and oxygen atoms in total. The van der Waals surface area contributed by atoms with Crippen LogP contribution in [-0.2, 0) is 28.1 Å². The van der Waals surface area contributed by atoms with Crippen LogP contribution in [0.3, 0.4) is 0 Å². The van der Waals surface area contributed by atoms with Gasteiger partial charge >= 0.3 is 0 Å². The van der Waals surface area contributed by atoms with E-state index >= 15 is 0 Å². The van der Waals surface area contributed by atoms with E-state index in [0.29, 0.717) is 0 Å². The topological polar surface area (TPSA) is 26.3 Å². The van der Waals surface area contributed by atoms with E-state index < -0.39 is 10.8 Å². The fourth-order valence-corrected chi connectivity index (χ4v) is 0.569. The van der Waals surface area contributed by atoms with Crippen molar-refractivity contribution in [2.24, 2.45) is 0 Å². The zero-order valence-electron chi connectivity index (χ0n) is 4.80. The molecule has 9 heavy (non-hydrogen) atoms. The van der Waals surface area contributed by atoms with Gasteiger partial charge in [-0.15, -0.1) is 0 Å². The second-order valence-electron chi connectivity index (χ2n) is 1.21. The Kier molecular flexibility index (Phi) is 9.57. The van der Waals surface area contributed by atoms with Crippen LogP contribution in [-0.4, -0.2) is 17.9 Å². The SMILES string of the molecule is COC(Cl)CC(=O)Cl.[V]. The van der Waals surface area contributed by atoms with Crippen molar-refractivity contribution >= 4 is 28.4 Å². The fraction of sp³-hybridized carbons (Fsp3) is 0.750. The van der Waals surface area contributed by atoms with Crippen molar-refractivity contribution in [2.75, 3.05) is 7.11 Å². The molecule has 0 aromatic carbocycles. The molecule has 1 atom stereocenters. The van der Waals surface area contributed by atoms with E-state index in [9.17, 15) is 4.79 Å². The van der Waals surface area contributed by atoms with Crippen molar-refractivity contribution in [3.8, 4) is 0 Å². The summed E-state index contributed by atoms with van der Waals surface area (Å²) in [6, 6.07) is 0. The Morgan fingerprint density at radius 3 is 2.33 bits per heavy atom. The minimum absolute atomic E-state index is 0. The molecule has 0 rings (SSSR count). The predicted molar refractivity (Wildman–Crippen MR) is 32.1 cm³/mol. The summed E-state index contributed by atoms with van der Waals surface area (Å²) in [6.07, 6.45) is 0.0552. The van der Waals surface area contributed by atoms with Gasteiger partial charge in [0.25, 0.3) is 0 Å². The number of carbonyl (C=O) groups excluding carboxylic acids is 1. The van der Waals surface area contributed by atoms with E-state index in [0.717, 1.165) is 0 Å². The molecule has 53 valence electrons. The summed E-state index contributed by atoms with van der Waals surface area (Å²) >= 11 is 10.3. The molecule has 0 spiro atoms. The Morgan fingerprint density at radius 1 is 1.78 bits per heavy atom. The molecule has 0 bridgehead atoms. The van der Waals surface area contributed by atoms with Crippen molar-refractivity contribution in [1.29, 1.82) is 0 Å². The van der Waals surface area contributed by atoms with Crippen LogP contribution < -0.4 is 0 Å². The van der Waals surface area contributed by atoms with Gasteiger partial charge in [-0.05, 0) is 11.6 Å². The van der Waals surface area contributed by atoms with Crippen LogP contribution in [0.4, 0.5) is 0 Å². The van der Waals surface area contributed by atoms with Gasteiger partial charge in [-0.25, -0.2) is 0 Å². The van der Waals surface area contributed by atoms with Crippen LogP contribution in [0.1, 0.15) is 6.42 Å². The third kappa shape index (κ3) is 8.79. The zero-order valence-corrected chi connectivity index (χ0v) is 7.71. The maximum atomic E-state index is 10.0. The minimum atomic E-state index is -0.583. The summed E-state index contributed by atoms with van der Waals surface area (Å²) in [6.45, 7) is 0. The quantitative estimate of drug-likeness (QED) is 0.516. The van der Waals surface area contributed by atoms with Gasteiger partial charge in [0.2, 0.25) is 5.24 Å². The number of methoxy groups -OCH3 is 1. The van der Waals surface area contributed by atoms with Gasteiger partial charge in [-0.2, -0.15) is 0 Å². The molecular weight excluding hydrogens is 202 g/mol. The molecule has 0 heterocycles. The van der Waals surface area contributed by atoms with Crippen LogP contribution in [0.5, 0.6) is 0 Å². The Balaban J connectivity index is 0. The standard InChI is InChI=1S/C4H6Cl2O2.V/c1-8-4(6)2-3(5)7;/h4H,2H2,1H3;. The largest absolute Gasteiger partial charge is 0.365 e. The molecule has 0 aliphatic rings. The summed E-state index contributed by atoms with van der Waals surface area (Å²) in [5.74, 6) is 0. The van der Waals surface area contributed by atoms with Crippen LogP contribution in [0.15, 0.2) is 0 Å². The monoisotopic (exact) mass is 207 g/mol. The average molecular weight is 208 g/mol. The summed E-state index contributed by atoms with van der Waals surface area (Å²) in [4.78, 5) is 10.0. The first kappa shape index (κ1) is 12.5. The number of carbonyl (C=O) groups is 1. The predicted octanol–water partition coefficient (Wildman–Crippen LogP) is 1.35. The summed E-state index contributed by atoms with van der Waals surface area (Å²) in [5.41, 5.74) is -0.583. The molecule has 0 aromatic heterocycles. The third-order valence-electron chi connectivity index (χ3n) is 0.577. The molecule has 0 aromatic rings. The van der Waals surface area contributed by atoms with E-state index in [1.54, 1.807) is 0 Å². The third-order valence-corrected chi connectivity index (χ3v) is 1.06. The summed E-state index contributed by atoms with van der Waals surface area (Å²) < 4.78 is 4.52. The van der Waals surface area contributed by atoms with Gasteiger partial charge in [0.15, 0.2) is 0 Å². The maximum Gasteiger partial charge on any atom is 0.225 e. The molecule has 1 radical (unpaired) electrons. The van der Waals surface area contributed by atoms with Gasteiger partial charge < -0.3 is 4.74 Å². The maximum absolute atomic E-state index is 10.0.